The third-order valence-electron chi connectivity index (χ3n) is 5.25. The summed E-state index contributed by atoms with van der Waals surface area (Å²) in [5.74, 6) is 2.56. The summed E-state index contributed by atoms with van der Waals surface area (Å²) in [5, 5.41) is 9.53. The van der Waals surface area contributed by atoms with Gasteiger partial charge in [-0.05, 0) is 48.0 Å². The minimum atomic E-state index is 0.309. The van der Waals surface area contributed by atoms with Crippen molar-refractivity contribution in [3.63, 3.8) is 0 Å². The van der Waals surface area contributed by atoms with Gasteiger partial charge in [-0.25, -0.2) is 0 Å². The van der Waals surface area contributed by atoms with Crippen LogP contribution in [0.25, 0.3) is 12.2 Å². The van der Waals surface area contributed by atoms with Crippen LogP contribution in [0.3, 0.4) is 0 Å². The first-order chi connectivity index (χ1) is 15.2. The maximum Gasteiger partial charge on any atom is 0.235 e. The van der Waals surface area contributed by atoms with Crippen LogP contribution in [0.5, 0.6) is 11.5 Å². The molecule has 0 atom stereocenters. The fraction of sp³-hybridized carbons (Fsp3) is 0.250. The highest BCUT2D eigenvalue weighted by molar-refractivity contribution is 5.68. The number of rotatable bonds is 6. The molecule has 0 amide bonds. The highest BCUT2D eigenvalue weighted by Crippen LogP contribution is 2.26. The molecule has 0 spiro atoms. The molecule has 0 unspecified atom stereocenters. The van der Waals surface area contributed by atoms with Gasteiger partial charge in [0, 0.05) is 37.9 Å². The van der Waals surface area contributed by atoms with Gasteiger partial charge in [0.25, 0.3) is 0 Å². The third kappa shape index (κ3) is 4.64. The quantitative estimate of drug-likeness (QED) is 0.600. The van der Waals surface area contributed by atoms with Gasteiger partial charge in [0.1, 0.15) is 17.6 Å². The zero-order valence-corrected chi connectivity index (χ0v) is 17.6. The van der Waals surface area contributed by atoms with Gasteiger partial charge in [-0.15, -0.1) is 0 Å². The van der Waals surface area contributed by atoms with Crippen molar-refractivity contribution >= 4 is 23.7 Å². The van der Waals surface area contributed by atoms with Crippen LogP contribution in [-0.4, -0.2) is 45.4 Å². The van der Waals surface area contributed by atoms with E-state index in [0.717, 1.165) is 48.9 Å². The smallest absolute Gasteiger partial charge is 0.235 e. The Morgan fingerprint density at radius 1 is 0.935 bits per heavy atom. The Balaban J connectivity index is 1.44. The van der Waals surface area contributed by atoms with E-state index in [9.17, 15) is 5.26 Å². The lowest BCUT2D eigenvalue weighted by Crippen LogP contribution is -2.46. The van der Waals surface area contributed by atoms with E-state index in [1.165, 1.54) is 0 Å². The Morgan fingerprint density at radius 3 is 2.32 bits per heavy atom. The van der Waals surface area contributed by atoms with E-state index in [2.05, 4.69) is 33.0 Å². The molecule has 2 aromatic carbocycles. The Hall–Kier alpha value is -3.92. The maximum atomic E-state index is 9.53. The monoisotopic (exact) mass is 416 g/mol. The second kappa shape index (κ2) is 9.26. The molecular weight excluding hydrogens is 392 g/mol. The number of nitrogens with zero attached hydrogens (tertiary/aromatic N) is 4. The first kappa shape index (κ1) is 20.4. The number of nitriles is 1. The van der Waals surface area contributed by atoms with Crippen LogP contribution in [0, 0.1) is 11.3 Å². The maximum absolute atomic E-state index is 9.53. The third-order valence-corrected chi connectivity index (χ3v) is 5.25. The molecule has 1 aliphatic rings. The number of aromatic nitrogens is 1. The first-order valence-electron chi connectivity index (χ1n) is 10.1. The molecule has 1 fully saturated rings. The summed E-state index contributed by atoms with van der Waals surface area (Å²) < 4.78 is 16.4. The number of piperazine rings is 1. The van der Waals surface area contributed by atoms with Crippen molar-refractivity contribution in [1.82, 2.24) is 4.98 Å². The fourth-order valence-electron chi connectivity index (χ4n) is 3.56. The standard InChI is InChI=1S/C24H24N4O3/c1-29-20-9-7-19(8-10-20)27-12-14-28(15-13-27)24-22(17-25)26-23(31-24)11-6-18-4-3-5-21(16-18)30-2/h3-11,16H,12-15H2,1-2H3/b11-6+. The normalized spacial score (nSPS) is 14.0. The molecule has 1 aliphatic heterocycles. The highest BCUT2D eigenvalue weighted by atomic mass is 16.5. The molecule has 0 N–H and O–H groups in total. The summed E-state index contributed by atoms with van der Waals surface area (Å²) in [6.07, 6.45) is 3.66. The Labute approximate surface area is 181 Å². The van der Waals surface area contributed by atoms with Crippen LogP contribution in [0.2, 0.25) is 0 Å². The van der Waals surface area contributed by atoms with E-state index in [1.54, 1.807) is 20.3 Å². The molecule has 2 heterocycles. The van der Waals surface area contributed by atoms with Crippen molar-refractivity contribution in [2.75, 3.05) is 50.2 Å². The molecule has 4 rings (SSSR count). The Morgan fingerprint density at radius 2 is 1.65 bits per heavy atom. The lowest BCUT2D eigenvalue weighted by molar-refractivity contribution is 0.414. The summed E-state index contributed by atoms with van der Waals surface area (Å²) in [5.41, 5.74) is 2.43. The van der Waals surface area contributed by atoms with Crippen molar-refractivity contribution in [3.05, 3.63) is 65.7 Å². The number of hydrogen-bond donors (Lipinski definition) is 0. The lowest BCUT2D eigenvalue weighted by Gasteiger charge is -2.35. The minimum absolute atomic E-state index is 0.309. The van der Waals surface area contributed by atoms with Gasteiger partial charge >= 0.3 is 0 Å². The highest BCUT2D eigenvalue weighted by Gasteiger charge is 2.24. The molecule has 158 valence electrons. The van der Waals surface area contributed by atoms with Gasteiger partial charge in [0.15, 0.2) is 0 Å². The summed E-state index contributed by atoms with van der Waals surface area (Å²) in [6, 6.07) is 17.9. The Bertz CT molecular complexity index is 1090. The van der Waals surface area contributed by atoms with Crippen molar-refractivity contribution < 1.29 is 13.9 Å². The van der Waals surface area contributed by atoms with Crippen LogP contribution >= 0.6 is 0 Å². The van der Waals surface area contributed by atoms with E-state index in [1.807, 2.05) is 42.5 Å². The molecule has 31 heavy (non-hydrogen) atoms. The zero-order chi connectivity index (χ0) is 21.6. The molecular formula is C24H24N4O3. The number of oxazole rings is 1. The van der Waals surface area contributed by atoms with Crippen LogP contribution in [0.15, 0.2) is 52.9 Å². The van der Waals surface area contributed by atoms with E-state index >= 15 is 0 Å². The van der Waals surface area contributed by atoms with Gasteiger partial charge in [0.2, 0.25) is 17.5 Å². The second-order valence-corrected chi connectivity index (χ2v) is 7.10. The summed E-state index contributed by atoms with van der Waals surface area (Å²) >= 11 is 0. The van der Waals surface area contributed by atoms with Gasteiger partial charge in [-0.1, -0.05) is 12.1 Å². The number of hydrogen-bond acceptors (Lipinski definition) is 7. The number of methoxy groups -OCH3 is 2. The molecule has 3 aromatic rings. The van der Waals surface area contributed by atoms with Gasteiger partial charge in [-0.3, -0.25) is 0 Å². The SMILES string of the molecule is COc1ccc(N2CCN(c3oc(/C=C/c4cccc(OC)c4)nc3C#N)CC2)cc1. The number of ether oxygens (including phenoxy) is 2. The van der Waals surface area contributed by atoms with E-state index in [-0.39, 0.29) is 0 Å². The van der Waals surface area contributed by atoms with Crippen LogP contribution in [0.1, 0.15) is 17.1 Å². The average molecular weight is 416 g/mol. The van der Waals surface area contributed by atoms with Crippen molar-refractivity contribution in [2.24, 2.45) is 0 Å². The average Bonchev–Trinajstić information content (AvgIpc) is 3.26. The van der Waals surface area contributed by atoms with Crippen molar-refractivity contribution in [1.29, 1.82) is 5.26 Å². The zero-order valence-electron chi connectivity index (χ0n) is 17.6. The van der Waals surface area contributed by atoms with E-state index in [0.29, 0.717) is 17.5 Å². The number of benzene rings is 2. The van der Waals surface area contributed by atoms with Gasteiger partial charge in [-0.2, -0.15) is 10.2 Å². The van der Waals surface area contributed by atoms with Crippen molar-refractivity contribution in [3.8, 4) is 17.6 Å². The Kier molecular flexibility index (Phi) is 6.08. The molecule has 7 heteroatoms. The predicted octanol–water partition coefficient (Wildman–Crippen LogP) is 4.06. The van der Waals surface area contributed by atoms with Crippen LogP contribution in [-0.2, 0) is 0 Å². The summed E-state index contributed by atoms with van der Waals surface area (Å²) in [6.45, 7) is 3.14. The molecule has 1 saturated heterocycles. The van der Waals surface area contributed by atoms with Crippen molar-refractivity contribution in [2.45, 2.75) is 0 Å². The predicted molar refractivity (Wildman–Crippen MR) is 121 cm³/mol. The summed E-state index contributed by atoms with van der Waals surface area (Å²) in [7, 11) is 3.30. The summed E-state index contributed by atoms with van der Waals surface area (Å²) in [4.78, 5) is 8.73. The second-order valence-electron chi connectivity index (χ2n) is 7.10. The van der Waals surface area contributed by atoms with Gasteiger partial charge < -0.3 is 23.7 Å². The first-order valence-corrected chi connectivity index (χ1v) is 10.1. The molecule has 7 nitrogen and oxygen atoms in total. The van der Waals surface area contributed by atoms with Gasteiger partial charge in [0.05, 0.1) is 14.2 Å². The molecule has 0 saturated carbocycles. The molecule has 0 bridgehead atoms. The van der Waals surface area contributed by atoms with E-state index < -0.39 is 0 Å². The molecule has 1 aromatic heterocycles. The molecule has 0 aliphatic carbocycles. The van der Waals surface area contributed by atoms with Crippen LogP contribution < -0.4 is 19.3 Å². The lowest BCUT2D eigenvalue weighted by atomic mass is 10.2. The minimum Gasteiger partial charge on any atom is -0.497 e. The topological polar surface area (TPSA) is 74.8 Å². The fourth-order valence-corrected chi connectivity index (χ4v) is 3.56. The largest absolute Gasteiger partial charge is 0.497 e. The van der Waals surface area contributed by atoms with E-state index in [4.69, 9.17) is 13.9 Å². The number of anilines is 2. The molecule has 0 radical (unpaired) electrons. The van der Waals surface area contributed by atoms with Crippen LogP contribution in [0.4, 0.5) is 11.6 Å².